The summed E-state index contributed by atoms with van der Waals surface area (Å²) in [6.45, 7) is 3.64. The number of fused-ring (bicyclic) bond motifs is 1. The van der Waals surface area contributed by atoms with Crippen LogP contribution in [0.15, 0.2) is 55.1 Å². The zero-order valence-corrected chi connectivity index (χ0v) is 20.2. The maximum Gasteiger partial charge on any atom is 0.416 e. The second-order valence-electron chi connectivity index (χ2n) is 9.22. The van der Waals surface area contributed by atoms with Crippen molar-refractivity contribution in [1.29, 1.82) is 0 Å². The molecular weight excluding hydrogens is 463 g/mol. The van der Waals surface area contributed by atoms with Gasteiger partial charge in [0.25, 0.3) is 0 Å². The maximum atomic E-state index is 13.5. The first kappa shape index (κ1) is 24.5. The Morgan fingerprint density at radius 3 is 2.41 bits per heavy atom. The van der Waals surface area contributed by atoms with Crippen molar-refractivity contribution in [1.82, 2.24) is 13.9 Å². The Kier molecular flexibility index (Phi) is 6.61. The lowest BCUT2D eigenvalue weighted by molar-refractivity contribution is -0.137. The van der Waals surface area contributed by atoms with Gasteiger partial charge in [-0.25, -0.2) is 17.7 Å². The van der Waals surface area contributed by atoms with Crippen molar-refractivity contribution in [2.45, 2.75) is 57.1 Å². The third-order valence-corrected chi connectivity index (χ3v) is 8.70. The summed E-state index contributed by atoms with van der Waals surface area (Å²) in [5.41, 5.74) is 3.52. The van der Waals surface area contributed by atoms with Crippen molar-refractivity contribution in [2.75, 3.05) is 7.05 Å². The Morgan fingerprint density at radius 1 is 1.06 bits per heavy atom. The topological polar surface area (TPSA) is 55.2 Å². The SMILES string of the molecule is CC(C)S(=O)(=O)N(C)C1Cc2ccc(Cc3cc(Cn4ccnc4)cc(C(F)(F)F)c3)cc2C1. The molecule has 2 aromatic carbocycles. The molecule has 0 fully saturated rings. The van der Waals surface area contributed by atoms with Crippen molar-refractivity contribution in [3.05, 3.63) is 88.5 Å². The van der Waals surface area contributed by atoms with Crippen molar-refractivity contribution in [2.24, 2.45) is 0 Å². The zero-order chi connectivity index (χ0) is 24.7. The molecule has 3 aromatic rings. The Morgan fingerprint density at radius 2 is 1.76 bits per heavy atom. The molecular formula is C25H28F3N3O2S. The fourth-order valence-electron chi connectivity index (χ4n) is 4.50. The van der Waals surface area contributed by atoms with Gasteiger partial charge >= 0.3 is 6.18 Å². The molecule has 1 aliphatic carbocycles. The number of imidazole rings is 1. The van der Waals surface area contributed by atoms with E-state index in [1.807, 2.05) is 18.2 Å². The fourth-order valence-corrected chi connectivity index (χ4v) is 5.73. The van der Waals surface area contributed by atoms with Crippen LogP contribution in [0.4, 0.5) is 13.2 Å². The lowest BCUT2D eigenvalue weighted by atomic mass is 9.97. The van der Waals surface area contributed by atoms with E-state index in [0.717, 1.165) is 16.7 Å². The molecule has 34 heavy (non-hydrogen) atoms. The summed E-state index contributed by atoms with van der Waals surface area (Å²) in [6.07, 6.45) is 2.05. The van der Waals surface area contributed by atoms with Crippen molar-refractivity contribution >= 4 is 10.0 Å². The molecule has 1 aliphatic rings. The van der Waals surface area contributed by atoms with Crippen LogP contribution in [0.5, 0.6) is 0 Å². The predicted octanol–water partition coefficient (Wildman–Crippen LogP) is 4.68. The van der Waals surface area contributed by atoms with Crippen molar-refractivity contribution in [3.63, 3.8) is 0 Å². The van der Waals surface area contributed by atoms with Gasteiger partial charge in [-0.2, -0.15) is 13.2 Å². The van der Waals surface area contributed by atoms with Gasteiger partial charge in [-0.1, -0.05) is 24.3 Å². The molecule has 5 nitrogen and oxygen atoms in total. The number of halogens is 3. The van der Waals surface area contributed by atoms with E-state index in [1.54, 1.807) is 50.2 Å². The standard InChI is InChI=1S/C25H28F3N3O2S/c1-17(2)34(32,33)30(3)24-13-21-5-4-18(10-22(21)14-24)8-19-9-20(15-31-7-6-29-16-31)12-23(11-19)25(26,27)28/h4-7,9-12,16-17,24H,8,13-15H2,1-3H3. The first-order valence-electron chi connectivity index (χ1n) is 11.2. The quantitative estimate of drug-likeness (QED) is 0.482. The first-order valence-corrected chi connectivity index (χ1v) is 12.7. The highest BCUT2D eigenvalue weighted by molar-refractivity contribution is 7.89. The summed E-state index contributed by atoms with van der Waals surface area (Å²) in [5.74, 6) is 0. The Bertz CT molecular complexity index is 1270. The van der Waals surface area contributed by atoms with E-state index in [0.29, 0.717) is 36.9 Å². The summed E-state index contributed by atoms with van der Waals surface area (Å²) < 4.78 is 69.0. The number of alkyl halides is 3. The van der Waals surface area contributed by atoms with Crippen molar-refractivity contribution < 1.29 is 21.6 Å². The molecule has 4 rings (SSSR count). The third kappa shape index (κ3) is 5.20. The smallest absolute Gasteiger partial charge is 0.333 e. The van der Waals surface area contributed by atoms with Gasteiger partial charge in [0.15, 0.2) is 0 Å². The van der Waals surface area contributed by atoms with Gasteiger partial charge in [0.1, 0.15) is 0 Å². The van der Waals surface area contributed by atoms with Crippen LogP contribution in [0.1, 0.15) is 47.2 Å². The lowest BCUT2D eigenvalue weighted by Gasteiger charge is -2.25. The largest absolute Gasteiger partial charge is 0.416 e. The maximum absolute atomic E-state index is 13.5. The van der Waals surface area contributed by atoms with Gasteiger partial charge < -0.3 is 4.57 Å². The van der Waals surface area contributed by atoms with Crippen LogP contribution in [-0.4, -0.2) is 40.6 Å². The number of rotatable bonds is 7. The minimum Gasteiger partial charge on any atom is -0.333 e. The van der Waals surface area contributed by atoms with Crippen molar-refractivity contribution in [3.8, 4) is 0 Å². The minimum absolute atomic E-state index is 0.145. The molecule has 0 saturated heterocycles. The average molecular weight is 492 g/mol. The summed E-state index contributed by atoms with van der Waals surface area (Å²) >= 11 is 0. The summed E-state index contributed by atoms with van der Waals surface area (Å²) in [6, 6.07) is 9.94. The summed E-state index contributed by atoms with van der Waals surface area (Å²) in [5, 5.41) is -0.491. The number of aromatic nitrogens is 2. The molecule has 0 N–H and O–H groups in total. The molecule has 0 saturated carbocycles. The van der Waals surface area contributed by atoms with Crippen LogP contribution in [0, 0.1) is 0 Å². The number of hydrogen-bond acceptors (Lipinski definition) is 3. The number of nitrogens with zero attached hydrogens (tertiary/aromatic N) is 3. The van der Waals surface area contributed by atoms with Gasteiger partial charge in [-0.15, -0.1) is 0 Å². The van der Waals surface area contributed by atoms with E-state index in [1.165, 1.54) is 16.4 Å². The van der Waals surface area contributed by atoms with Gasteiger partial charge in [0, 0.05) is 32.0 Å². The molecule has 1 atom stereocenters. The van der Waals surface area contributed by atoms with E-state index in [4.69, 9.17) is 0 Å². The molecule has 0 spiro atoms. The van der Waals surface area contributed by atoms with Crippen LogP contribution < -0.4 is 0 Å². The fraction of sp³-hybridized carbons (Fsp3) is 0.400. The van der Waals surface area contributed by atoms with E-state index in [2.05, 4.69) is 4.98 Å². The molecule has 9 heteroatoms. The molecule has 1 unspecified atom stereocenters. The van der Waals surface area contributed by atoms with Crippen LogP contribution in [0.3, 0.4) is 0 Å². The Labute approximate surface area is 198 Å². The van der Waals surface area contributed by atoms with Gasteiger partial charge in [0.05, 0.1) is 17.1 Å². The van der Waals surface area contributed by atoms with E-state index in [9.17, 15) is 21.6 Å². The Hall–Kier alpha value is -2.65. The number of benzene rings is 2. The third-order valence-electron chi connectivity index (χ3n) is 6.41. The minimum atomic E-state index is -4.43. The molecule has 1 aromatic heterocycles. The first-order chi connectivity index (χ1) is 15.9. The summed E-state index contributed by atoms with van der Waals surface area (Å²) in [4.78, 5) is 3.96. The molecule has 0 amide bonds. The predicted molar refractivity (Wildman–Crippen MR) is 125 cm³/mol. The van der Waals surface area contributed by atoms with Crippen LogP contribution in [-0.2, 0) is 42.0 Å². The van der Waals surface area contributed by atoms with E-state index in [-0.39, 0.29) is 6.04 Å². The zero-order valence-electron chi connectivity index (χ0n) is 19.4. The monoisotopic (exact) mass is 491 g/mol. The highest BCUT2D eigenvalue weighted by Crippen LogP contribution is 2.33. The second kappa shape index (κ2) is 9.19. The number of likely N-dealkylation sites (N-methyl/N-ethyl adjacent to an activating group) is 1. The molecule has 182 valence electrons. The highest BCUT2D eigenvalue weighted by atomic mass is 32.2. The van der Waals surface area contributed by atoms with Gasteiger partial charge in [-0.05, 0) is 73.1 Å². The van der Waals surface area contributed by atoms with E-state index < -0.39 is 27.0 Å². The van der Waals surface area contributed by atoms with E-state index >= 15 is 0 Å². The van der Waals surface area contributed by atoms with Gasteiger partial charge in [0.2, 0.25) is 10.0 Å². The van der Waals surface area contributed by atoms with Crippen LogP contribution in [0.25, 0.3) is 0 Å². The highest BCUT2D eigenvalue weighted by Gasteiger charge is 2.33. The van der Waals surface area contributed by atoms with Gasteiger partial charge in [-0.3, -0.25) is 0 Å². The summed E-state index contributed by atoms with van der Waals surface area (Å²) in [7, 11) is -1.74. The molecule has 0 bridgehead atoms. The molecule has 0 radical (unpaired) electrons. The lowest BCUT2D eigenvalue weighted by Crippen LogP contribution is -2.41. The average Bonchev–Trinajstić information content (AvgIpc) is 3.41. The normalized spacial score (nSPS) is 16.4. The molecule has 0 aliphatic heterocycles. The Balaban J connectivity index is 1.57. The number of sulfonamides is 1. The van der Waals surface area contributed by atoms with Crippen LogP contribution in [0.2, 0.25) is 0 Å². The molecule has 1 heterocycles. The van der Waals surface area contributed by atoms with Crippen LogP contribution >= 0.6 is 0 Å². The second-order valence-corrected chi connectivity index (χ2v) is 11.8. The number of hydrogen-bond donors (Lipinski definition) is 0.